The highest BCUT2D eigenvalue weighted by Gasteiger charge is 2.16. The summed E-state index contributed by atoms with van der Waals surface area (Å²) in [6, 6.07) is 9.53. The third kappa shape index (κ3) is 3.17. The monoisotopic (exact) mass is 276 g/mol. The van der Waals surface area contributed by atoms with E-state index in [2.05, 4.69) is 10.3 Å². The van der Waals surface area contributed by atoms with Crippen molar-refractivity contribution in [2.24, 2.45) is 0 Å². The Labute approximate surface area is 113 Å². The lowest BCUT2D eigenvalue weighted by molar-refractivity contribution is -0.135. The van der Waals surface area contributed by atoms with Crippen LogP contribution >= 0.6 is 11.3 Å². The molecule has 2 rings (SSSR count). The summed E-state index contributed by atoms with van der Waals surface area (Å²) in [5, 5.41) is 11.6. The van der Waals surface area contributed by atoms with E-state index in [0.717, 1.165) is 10.6 Å². The van der Waals surface area contributed by atoms with Gasteiger partial charge < -0.3 is 10.4 Å². The van der Waals surface area contributed by atoms with Gasteiger partial charge in [0.15, 0.2) is 0 Å². The molecule has 0 bridgehead atoms. The summed E-state index contributed by atoms with van der Waals surface area (Å²) in [5.41, 5.74) is 1.54. The molecular weight excluding hydrogens is 264 g/mol. The molecule has 0 unspecified atom stereocenters. The van der Waals surface area contributed by atoms with Crippen molar-refractivity contribution < 1.29 is 14.7 Å². The normalized spacial score (nSPS) is 10.2. The number of hydrogen-bond donors (Lipinski definition) is 2. The quantitative estimate of drug-likeness (QED) is 0.894. The van der Waals surface area contributed by atoms with Gasteiger partial charge in [0.05, 0.1) is 5.69 Å². The van der Waals surface area contributed by atoms with E-state index in [1.165, 1.54) is 11.3 Å². The Morgan fingerprint density at radius 2 is 2.00 bits per heavy atom. The number of rotatable bonds is 4. The van der Waals surface area contributed by atoms with Crippen molar-refractivity contribution in [1.29, 1.82) is 0 Å². The van der Waals surface area contributed by atoms with Gasteiger partial charge in [-0.1, -0.05) is 30.3 Å². The van der Waals surface area contributed by atoms with Crippen LogP contribution in [0.4, 0.5) is 0 Å². The highest BCUT2D eigenvalue weighted by Crippen LogP contribution is 2.27. The van der Waals surface area contributed by atoms with Crippen LogP contribution in [0.2, 0.25) is 0 Å². The number of hydrogen-bond acceptors (Lipinski definition) is 4. The molecule has 0 aliphatic rings. The Hall–Kier alpha value is -2.21. The lowest BCUT2D eigenvalue weighted by Gasteiger charge is -1.99. The molecule has 2 N–H and O–H groups in total. The minimum Gasteiger partial charge on any atom is -0.480 e. The number of nitrogens with zero attached hydrogens (tertiary/aromatic N) is 1. The third-order valence-corrected chi connectivity index (χ3v) is 3.63. The number of benzene rings is 1. The molecule has 1 aromatic carbocycles. The highest BCUT2D eigenvalue weighted by atomic mass is 32.1. The molecule has 0 aliphatic carbocycles. The second-order valence-electron chi connectivity index (χ2n) is 3.88. The van der Waals surface area contributed by atoms with Gasteiger partial charge >= 0.3 is 5.97 Å². The number of carboxylic acids is 1. The minimum absolute atomic E-state index is 0.392. The van der Waals surface area contributed by atoms with E-state index in [1.54, 1.807) is 6.92 Å². The number of nitrogens with one attached hydrogen (secondary N) is 1. The molecule has 1 aromatic heterocycles. The van der Waals surface area contributed by atoms with Crippen molar-refractivity contribution in [2.75, 3.05) is 6.54 Å². The van der Waals surface area contributed by atoms with Gasteiger partial charge in [0.1, 0.15) is 16.4 Å². The predicted octanol–water partition coefficient (Wildman–Crippen LogP) is 1.93. The summed E-state index contributed by atoms with van der Waals surface area (Å²) in [6.07, 6.45) is 0. The van der Waals surface area contributed by atoms with E-state index >= 15 is 0 Å². The Kier molecular flexibility index (Phi) is 3.91. The zero-order chi connectivity index (χ0) is 13.8. The summed E-state index contributed by atoms with van der Waals surface area (Å²) < 4.78 is 0. The first-order valence-corrected chi connectivity index (χ1v) is 6.42. The van der Waals surface area contributed by atoms with Crippen LogP contribution in [0.3, 0.4) is 0 Å². The molecule has 0 saturated carbocycles. The number of carbonyl (C=O) groups is 2. The largest absolute Gasteiger partial charge is 0.480 e. The van der Waals surface area contributed by atoms with Gasteiger partial charge in [0, 0.05) is 5.56 Å². The van der Waals surface area contributed by atoms with Crippen molar-refractivity contribution in [3.05, 3.63) is 40.9 Å². The van der Waals surface area contributed by atoms with Gasteiger partial charge in [-0.15, -0.1) is 11.3 Å². The van der Waals surface area contributed by atoms with E-state index < -0.39 is 18.4 Å². The van der Waals surface area contributed by atoms with Crippen molar-refractivity contribution >= 4 is 23.2 Å². The van der Waals surface area contributed by atoms with Crippen LogP contribution in [0.15, 0.2) is 30.3 Å². The number of amides is 1. The van der Waals surface area contributed by atoms with Crippen molar-refractivity contribution in [2.45, 2.75) is 6.92 Å². The Morgan fingerprint density at radius 1 is 1.32 bits per heavy atom. The number of carbonyl (C=O) groups excluding carboxylic acids is 1. The summed E-state index contributed by atoms with van der Waals surface area (Å²) in [4.78, 5) is 27.0. The number of aliphatic carboxylic acids is 1. The molecule has 0 atom stereocenters. The first-order valence-electron chi connectivity index (χ1n) is 5.61. The van der Waals surface area contributed by atoms with E-state index in [0.29, 0.717) is 10.6 Å². The lowest BCUT2D eigenvalue weighted by atomic mass is 10.2. The molecule has 6 heteroatoms. The standard InChI is InChI=1S/C13H12N2O3S/c1-8-11(12(18)14-7-10(16)17)19-13(15-8)9-5-3-2-4-6-9/h2-6H,7H2,1H3,(H,14,18)(H,16,17). The molecule has 0 spiro atoms. The number of carboxylic acid groups (broad SMARTS) is 1. The highest BCUT2D eigenvalue weighted by molar-refractivity contribution is 7.17. The maximum Gasteiger partial charge on any atom is 0.322 e. The van der Waals surface area contributed by atoms with Crippen LogP contribution in [0, 0.1) is 6.92 Å². The third-order valence-electron chi connectivity index (χ3n) is 2.42. The average Bonchev–Trinajstić information content (AvgIpc) is 2.79. The molecular formula is C13H12N2O3S. The first-order chi connectivity index (χ1) is 9.08. The summed E-state index contributed by atoms with van der Waals surface area (Å²) in [6.45, 7) is 1.34. The fourth-order valence-electron chi connectivity index (χ4n) is 1.55. The maximum absolute atomic E-state index is 11.8. The summed E-state index contributed by atoms with van der Waals surface area (Å²) in [7, 11) is 0. The molecule has 0 aliphatic heterocycles. The maximum atomic E-state index is 11.8. The van der Waals surface area contributed by atoms with Crippen LogP contribution in [-0.4, -0.2) is 28.5 Å². The SMILES string of the molecule is Cc1nc(-c2ccccc2)sc1C(=O)NCC(=O)O. The van der Waals surface area contributed by atoms with Crippen LogP contribution in [0.1, 0.15) is 15.4 Å². The number of aryl methyl sites for hydroxylation is 1. The van der Waals surface area contributed by atoms with E-state index in [4.69, 9.17) is 5.11 Å². The molecule has 98 valence electrons. The minimum atomic E-state index is -1.07. The Balaban J connectivity index is 2.22. The molecule has 19 heavy (non-hydrogen) atoms. The Morgan fingerprint density at radius 3 is 2.63 bits per heavy atom. The smallest absolute Gasteiger partial charge is 0.322 e. The molecule has 0 fully saturated rings. The Bertz CT molecular complexity index is 608. The fraction of sp³-hybridized carbons (Fsp3) is 0.154. The van der Waals surface area contributed by atoms with E-state index in [9.17, 15) is 9.59 Å². The first kappa shape index (κ1) is 13.2. The lowest BCUT2D eigenvalue weighted by Crippen LogP contribution is -2.29. The van der Waals surface area contributed by atoms with Gasteiger partial charge in [-0.05, 0) is 6.92 Å². The molecule has 0 saturated heterocycles. The molecule has 2 aromatic rings. The van der Waals surface area contributed by atoms with Gasteiger partial charge in [-0.2, -0.15) is 0 Å². The topological polar surface area (TPSA) is 79.3 Å². The second-order valence-corrected chi connectivity index (χ2v) is 4.88. The zero-order valence-electron chi connectivity index (χ0n) is 10.2. The van der Waals surface area contributed by atoms with E-state index in [1.807, 2.05) is 30.3 Å². The van der Waals surface area contributed by atoms with Crippen LogP contribution in [-0.2, 0) is 4.79 Å². The van der Waals surface area contributed by atoms with Gasteiger partial charge in [-0.3, -0.25) is 9.59 Å². The van der Waals surface area contributed by atoms with Gasteiger partial charge in [0.25, 0.3) is 5.91 Å². The van der Waals surface area contributed by atoms with Crippen molar-refractivity contribution in [1.82, 2.24) is 10.3 Å². The van der Waals surface area contributed by atoms with Gasteiger partial charge in [0.2, 0.25) is 0 Å². The zero-order valence-corrected chi connectivity index (χ0v) is 11.0. The van der Waals surface area contributed by atoms with Crippen LogP contribution < -0.4 is 5.32 Å². The van der Waals surface area contributed by atoms with Crippen molar-refractivity contribution in [3.63, 3.8) is 0 Å². The number of thiazole rings is 1. The average molecular weight is 276 g/mol. The van der Waals surface area contributed by atoms with Crippen molar-refractivity contribution in [3.8, 4) is 10.6 Å². The molecule has 5 nitrogen and oxygen atoms in total. The second kappa shape index (κ2) is 5.62. The van der Waals surface area contributed by atoms with Crippen LogP contribution in [0.5, 0.6) is 0 Å². The van der Waals surface area contributed by atoms with Gasteiger partial charge in [-0.25, -0.2) is 4.98 Å². The summed E-state index contributed by atoms with van der Waals surface area (Å²) >= 11 is 1.26. The molecule has 1 amide bonds. The van der Waals surface area contributed by atoms with E-state index in [-0.39, 0.29) is 0 Å². The number of aromatic nitrogens is 1. The van der Waals surface area contributed by atoms with Crippen LogP contribution in [0.25, 0.3) is 10.6 Å². The summed E-state index contributed by atoms with van der Waals surface area (Å²) in [5.74, 6) is -1.47. The predicted molar refractivity (Wildman–Crippen MR) is 72.3 cm³/mol. The molecule has 0 radical (unpaired) electrons. The fourth-order valence-corrected chi connectivity index (χ4v) is 2.54. The molecule has 1 heterocycles.